The molecular weight excluding hydrogens is 636 g/mol. The van der Waals surface area contributed by atoms with Crippen LogP contribution in [0.25, 0.3) is 0 Å². The van der Waals surface area contributed by atoms with Gasteiger partial charge in [0.15, 0.2) is 18.9 Å². The standard InChI is InChI=1S/C25H44O21/c1-25(40)20(38)17(36)19(18(37)21(25)39)46-24-16(35)13(32)10(29)7(45-24)4-42-23-15(34)12(31)9(28)6(44-23)3-41-22-14(33)11(30)8(27)5(2-26)43-22/h5-24,26-40H,2-4H2,1H3/t5?,6?,7?,8-,9-,10-,11?,12?,13?,14?,15?,16?,17?,18?,19?,20?,21?,22+,23+,24-,25?/m0/s1. The first kappa shape index (κ1) is 38.0. The molecule has 1 aliphatic carbocycles. The van der Waals surface area contributed by atoms with Gasteiger partial charge in [-0.25, -0.2) is 0 Å². The first-order valence-electron chi connectivity index (χ1n) is 14.5. The molecule has 19 atom stereocenters. The first-order chi connectivity index (χ1) is 21.4. The van der Waals surface area contributed by atoms with Crippen molar-refractivity contribution in [1.82, 2.24) is 0 Å². The summed E-state index contributed by atoms with van der Waals surface area (Å²) in [4.78, 5) is 0. The Morgan fingerprint density at radius 3 is 1.24 bits per heavy atom. The molecule has 0 amide bonds. The SMILES string of the molecule is CC1(O)C(O)C(O)C(O[C@@H]2OC(CO[C@@H]3OC(CO[C@@H]4OC(CO)[C@H](O)C(O)C4O)[C@H](O)C(O)C3O)[C@H](O)C(O)C2O)C(O)C1O. The van der Waals surface area contributed by atoms with Crippen LogP contribution < -0.4 is 0 Å². The maximum atomic E-state index is 10.5. The molecule has 46 heavy (non-hydrogen) atoms. The molecule has 3 aliphatic heterocycles. The molecule has 21 nitrogen and oxygen atoms in total. The van der Waals surface area contributed by atoms with Gasteiger partial charge in [0.2, 0.25) is 0 Å². The average Bonchev–Trinajstić information content (AvgIpc) is 3.03. The molecule has 13 unspecified atom stereocenters. The fraction of sp³-hybridized carbons (Fsp3) is 1.00. The van der Waals surface area contributed by atoms with E-state index in [2.05, 4.69) is 0 Å². The molecule has 21 heteroatoms. The monoisotopic (exact) mass is 680 g/mol. The van der Waals surface area contributed by atoms with Crippen LogP contribution in [0.1, 0.15) is 6.92 Å². The lowest BCUT2D eigenvalue weighted by atomic mass is 9.76. The second-order valence-corrected chi connectivity index (χ2v) is 12.1. The second kappa shape index (κ2) is 15.0. The minimum atomic E-state index is -2.35. The third-order valence-electron chi connectivity index (χ3n) is 8.84. The third-order valence-corrected chi connectivity index (χ3v) is 8.84. The van der Waals surface area contributed by atoms with E-state index in [1.807, 2.05) is 0 Å². The maximum absolute atomic E-state index is 10.5. The summed E-state index contributed by atoms with van der Waals surface area (Å²) < 4.78 is 32.2. The smallest absolute Gasteiger partial charge is 0.187 e. The van der Waals surface area contributed by atoms with E-state index in [1.54, 1.807) is 0 Å². The van der Waals surface area contributed by atoms with Crippen LogP contribution in [-0.4, -0.2) is 225 Å². The molecule has 15 N–H and O–H groups in total. The second-order valence-electron chi connectivity index (χ2n) is 12.1. The van der Waals surface area contributed by atoms with Crippen molar-refractivity contribution in [1.29, 1.82) is 0 Å². The summed E-state index contributed by atoms with van der Waals surface area (Å²) in [6.07, 6.45) is -36.4. The largest absolute Gasteiger partial charge is 0.394 e. The van der Waals surface area contributed by atoms with Crippen LogP contribution in [0.2, 0.25) is 0 Å². The quantitative estimate of drug-likeness (QED) is 0.107. The van der Waals surface area contributed by atoms with E-state index in [0.717, 1.165) is 6.92 Å². The van der Waals surface area contributed by atoms with E-state index in [0.29, 0.717) is 0 Å². The first-order valence-corrected chi connectivity index (χ1v) is 14.5. The van der Waals surface area contributed by atoms with Crippen molar-refractivity contribution in [2.75, 3.05) is 19.8 Å². The van der Waals surface area contributed by atoms with Gasteiger partial charge in [-0.05, 0) is 6.92 Å². The molecule has 4 rings (SSSR count). The van der Waals surface area contributed by atoms with Gasteiger partial charge in [-0.1, -0.05) is 0 Å². The summed E-state index contributed by atoms with van der Waals surface area (Å²) in [5.41, 5.74) is -2.35. The van der Waals surface area contributed by atoms with E-state index in [4.69, 9.17) is 28.4 Å². The highest BCUT2D eigenvalue weighted by Crippen LogP contribution is 2.34. The molecule has 0 aromatic carbocycles. The molecule has 1 saturated carbocycles. The fourth-order valence-corrected chi connectivity index (χ4v) is 5.69. The van der Waals surface area contributed by atoms with Crippen molar-refractivity contribution in [3.8, 4) is 0 Å². The molecule has 3 saturated heterocycles. The predicted molar refractivity (Wildman–Crippen MR) is 139 cm³/mol. The molecule has 0 bridgehead atoms. The zero-order valence-corrected chi connectivity index (χ0v) is 24.3. The van der Waals surface area contributed by atoms with Gasteiger partial charge in [-0.2, -0.15) is 0 Å². The number of rotatable bonds is 9. The van der Waals surface area contributed by atoms with Gasteiger partial charge in [-0.3, -0.25) is 0 Å². The normalized spacial score (nSPS) is 55.3. The molecule has 4 fully saturated rings. The van der Waals surface area contributed by atoms with Crippen LogP contribution >= 0.6 is 0 Å². The van der Waals surface area contributed by atoms with E-state index in [1.165, 1.54) is 0 Å². The van der Waals surface area contributed by atoms with Crippen molar-refractivity contribution in [3.05, 3.63) is 0 Å². The van der Waals surface area contributed by atoms with E-state index >= 15 is 0 Å². The van der Waals surface area contributed by atoms with Gasteiger partial charge in [0.05, 0.1) is 19.8 Å². The van der Waals surface area contributed by atoms with Crippen LogP contribution in [-0.2, 0) is 28.4 Å². The van der Waals surface area contributed by atoms with Crippen molar-refractivity contribution >= 4 is 0 Å². The Morgan fingerprint density at radius 2 is 0.826 bits per heavy atom. The molecule has 3 heterocycles. The Hall–Kier alpha value is -0.840. The van der Waals surface area contributed by atoms with Crippen LogP contribution in [0.15, 0.2) is 0 Å². The third kappa shape index (κ3) is 7.21. The Balaban J connectivity index is 1.38. The van der Waals surface area contributed by atoms with Gasteiger partial charge in [0, 0.05) is 0 Å². The van der Waals surface area contributed by atoms with Gasteiger partial charge < -0.3 is 105 Å². The minimum absolute atomic E-state index is 0.659. The summed E-state index contributed by atoms with van der Waals surface area (Å²) in [6, 6.07) is 0. The minimum Gasteiger partial charge on any atom is -0.394 e. The Kier molecular flexibility index (Phi) is 12.3. The number of aliphatic hydroxyl groups excluding tert-OH is 14. The molecule has 0 radical (unpaired) electrons. The number of hydrogen-bond acceptors (Lipinski definition) is 21. The Bertz CT molecular complexity index is 956. The van der Waals surface area contributed by atoms with Crippen molar-refractivity contribution in [2.45, 2.75) is 135 Å². The highest BCUT2D eigenvalue weighted by Gasteiger charge is 2.58. The van der Waals surface area contributed by atoms with E-state index in [-0.39, 0.29) is 0 Å². The molecular formula is C25H44O21. The van der Waals surface area contributed by atoms with Crippen molar-refractivity contribution in [3.63, 3.8) is 0 Å². The van der Waals surface area contributed by atoms with Gasteiger partial charge >= 0.3 is 0 Å². The lowest BCUT2D eigenvalue weighted by Gasteiger charge is -2.49. The zero-order chi connectivity index (χ0) is 34.4. The number of hydrogen-bond donors (Lipinski definition) is 15. The van der Waals surface area contributed by atoms with Crippen molar-refractivity contribution < 1.29 is 105 Å². The molecule has 0 spiro atoms. The zero-order valence-electron chi connectivity index (χ0n) is 24.3. The summed E-state index contributed by atoms with van der Waals surface area (Å²) in [6.45, 7) is -1.21. The molecule has 4 aliphatic rings. The van der Waals surface area contributed by atoms with E-state index < -0.39 is 148 Å². The van der Waals surface area contributed by atoms with Gasteiger partial charge in [0.1, 0.15) is 109 Å². The summed E-state index contributed by atoms with van der Waals surface area (Å²) >= 11 is 0. The van der Waals surface area contributed by atoms with Crippen LogP contribution in [0.4, 0.5) is 0 Å². The molecule has 270 valence electrons. The predicted octanol–water partition coefficient (Wildman–Crippen LogP) is -9.97. The maximum Gasteiger partial charge on any atom is 0.187 e. The van der Waals surface area contributed by atoms with E-state index in [9.17, 15) is 76.6 Å². The number of ether oxygens (including phenoxy) is 6. The van der Waals surface area contributed by atoms with Crippen LogP contribution in [0.5, 0.6) is 0 Å². The Labute approximate surface area is 260 Å². The highest BCUT2D eigenvalue weighted by molar-refractivity contribution is 5.07. The Morgan fingerprint density at radius 1 is 0.478 bits per heavy atom. The molecule has 0 aromatic rings. The summed E-state index contributed by atoms with van der Waals surface area (Å²) in [7, 11) is 0. The lowest BCUT2D eigenvalue weighted by molar-refractivity contribution is -0.358. The summed E-state index contributed by atoms with van der Waals surface area (Å²) in [5.74, 6) is 0. The van der Waals surface area contributed by atoms with Crippen LogP contribution in [0.3, 0.4) is 0 Å². The van der Waals surface area contributed by atoms with Gasteiger partial charge in [-0.15, -0.1) is 0 Å². The molecule has 0 aromatic heterocycles. The van der Waals surface area contributed by atoms with Crippen molar-refractivity contribution in [2.24, 2.45) is 0 Å². The lowest BCUT2D eigenvalue weighted by Crippen LogP contribution is -2.71. The average molecular weight is 681 g/mol. The van der Waals surface area contributed by atoms with Crippen LogP contribution in [0, 0.1) is 0 Å². The summed E-state index contributed by atoms with van der Waals surface area (Å²) in [5, 5.41) is 153. The highest BCUT2D eigenvalue weighted by atomic mass is 16.7. The fourth-order valence-electron chi connectivity index (χ4n) is 5.69. The number of aliphatic hydroxyl groups is 15. The topological polar surface area (TPSA) is 359 Å². The van der Waals surface area contributed by atoms with Gasteiger partial charge in [0.25, 0.3) is 0 Å².